The van der Waals surface area contributed by atoms with Gasteiger partial charge in [-0.25, -0.2) is 0 Å². The van der Waals surface area contributed by atoms with Gasteiger partial charge in [0.05, 0.1) is 0 Å². The minimum atomic E-state index is -0.0205. The molecule has 0 radical (unpaired) electrons. The van der Waals surface area contributed by atoms with Crippen molar-refractivity contribution in [3.63, 3.8) is 0 Å². The maximum absolute atomic E-state index is 2.46. The molecule has 0 unspecified atom stereocenters. The summed E-state index contributed by atoms with van der Waals surface area (Å²) in [6.45, 7) is 4.71. The molecule has 0 heterocycles. The molecule has 8 aromatic carbocycles. The lowest BCUT2D eigenvalue weighted by atomic mass is 9.81. The Bertz CT molecular complexity index is 2440. The molecule has 0 heteroatoms. The van der Waals surface area contributed by atoms with Crippen molar-refractivity contribution in [3.05, 3.63) is 169 Å². The topological polar surface area (TPSA) is 0 Å². The van der Waals surface area contributed by atoms with Gasteiger partial charge in [0.2, 0.25) is 0 Å². The third kappa shape index (κ3) is 3.85. The van der Waals surface area contributed by atoms with E-state index in [1.54, 1.807) is 0 Å². The zero-order valence-corrected chi connectivity index (χ0v) is 25.5. The Kier molecular flexibility index (Phi) is 5.64. The van der Waals surface area contributed by atoms with E-state index in [1.165, 1.54) is 88.0 Å². The number of benzene rings is 8. The van der Waals surface area contributed by atoms with E-state index in [-0.39, 0.29) is 5.41 Å². The van der Waals surface area contributed by atoms with Crippen LogP contribution in [0.4, 0.5) is 0 Å². The summed E-state index contributed by atoms with van der Waals surface area (Å²) < 4.78 is 0. The first-order valence-electron chi connectivity index (χ1n) is 15.9. The molecule has 0 spiro atoms. The highest BCUT2D eigenvalue weighted by Crippen LogP contribution is 2.51. The van der Waals surface area contributed by atoms with Crippen LogP contribution in [0.25, 0.3) is 76.8 Å². The van der Waals surface area contributed by atoms with Gasteiger partial charge < -0.3 is 0 Å². The standard InChI is InChI=1S/C45H32/c1-45(2)41-22-11-10-18-34(41)39-28-32(24-26-42(39)45)43-36-19-8-9-20-37(36)44(35-21-12-16-30-15-6-7-17-33(30)35)38-25-23-31(27-40(38)43)29-13-4-3-5-14-29/h3-28H,1-2H3. The van der Waals surface area contributed by atoms with E-state index in [0.29, 0.717) is 0 Å². The lowest BCUT2D eigenvalue weighted by molar-refractivity contribution is 0.660. The molecule has 1 aliphatic rings. The zero-order chi connectivity index (χ0) is 30.1. The second-order valence-electron chi connectivity index (χ2n) is 12.9. The predicted molar refractivity (Wildman–Crippen MR) is 193 cm³/mol. The van der Waals surface area contributed by atoms with Crippen molar-refractivity contribution in [1.29, 1.82) is 0 Å². The summed E-state index contributed by atoms with van der Waals surface area (Å²) in [5.74, 6) is 0. The molecule has 0 atom stereocenters. The lowest BCUT2D eigenvalue weighted by Gasteiger charge is -2.22. The first-order valence-corrected chi connectivity index (χ1v) is 15.9. The van der Waals surface area contributed by atoms with E-state index >= 15 is 0 Å². The number of fused-ring (bicyclic) bond motifs is 6. The van der Waals surface area contributed by atoms with Gasteiger partial charge in [-0.15, -0.1) is 0 Å². The second kappa shape index (κ2) is 9.78. The average Bonchev–Trinajstić information content (AvgIpc) is 3.32. The summed E-state index contributed by atoms with van der Waals surface area (Å²) in [6.07, 6.45) is 0. The largest absolute Gasteiger partial charge is 0.0622 e. The Balaban J connectivity index is 1.42. The van der Waals surface area contributed by atoms with Gasteiger partial charge in [0.1, 0.15) is 0 Å². The zero-order valence-electron chi connectivity index (χ0n) is 25.5. The average molecular weight is 573 g/mol. The highest BCUT2D eigenvalue weighted by Gasteiger charge is 2.35. The van der Waals surface area contributed by atoms with Crippen molar-refractivity contribution in [1.82, 2.24) is 0 Å². The molecule has 0 aliphatic heterocycles. The number of hydrogen-bond donors (Lipinski definition) is 0. The summed E-state index contributed by atoms with van der Waals surface area (Å²) in [5, 5.41) is 7.66. The monoisotopic (exact) mass is 572 g/mol. The van der Waals surface area contributed by atoms with Crippen LogP contribution in [0.5, 0.6) is 0 Å². The summed E-state index contributed by atoms with van der Waals surface area (Å²) in [7, 11) is 0. The van der Waals surface area contributed by atoms with Crippen LogP contribution in [0, 0.1) is 0 Å². The third-order valence-corrected chi connectivity index (χ3v) is 10.1. The second-order valence-corrected chi connectivity index (χ2v) is 12.9. The first-order chi connectivity index (χ1) is 22.1. The Hall–Kier alpha value is -5.46. The number of hydrogen-bond acceptors (Lipinski definition) is 0. The van der Waals surface area contributed by atoms with Crippen LogP contribution in [0.15, 0.2) is 158 Å². The van der Waals surface area contributed by atoms with E-state index in [2.05, 4.69) is 172 Å². The van der Waals surface area contributed by atoms with Crippen LogP contribution in [0.3, 0.4) is 0 Å². The Morgan fingerprint density at radius 1 is 0.333 bits per heavy atom. The molecule has 1 aliphatic carbocycles. The van der Waals surface area contributed by atoms with Gasteiger partial charge in [-0.3, -0.25) is 0 Å². The number of rotatable bonds is 3. The molecule has 9 rings (SSSR count). The van der Waals surface area contributed by atoms with Crippen molar-refractivity contribution in [2.24, 2.45) is 0 Å². The van der Waals surface area contributed by atoms with E-state index < -0.39 is 0 Å². The SMILES string of the molecule is CC1(C)c2ccccc2-c2cc(-c3c4ccccc4c(-c4cccc5ccccc45)c4ccc(-c5ccccc5)cc34)ccc21. The molecule has 0 aromatic heterocycles. The summed E-state index contributed by atoms with van der Waals surface area (Å²) in [4.78, 5) is 0. The molecule has 45 heavy (non-hydrogen) atoms. The Morgan fingerprint density at radius 2 is 0.933 bits per heavy atom. The van der Waals surface area contributed by atoms with Crippen molar-refractivity contribution >= 4 is 32.3 Å². The third-order valence-electron chi connectivity index (χ3n) is 10.1. The van der Waals surface area contributed by atoms with E-state index in [9.17, 15) is 0 Å². The van der Waals surface area contributed by atoms with Crippen LogP contribution in [0.2, 0.25) is 0 Å². The molecular weight excluding hydrogens is 540 g/mol. The van der Waals surface area contributed by atoms with Gasteiger partial charge in [-0.2, -0.15) is 0 Å². The fourth-order valence-corrected chi connectivity index (χ4v) is 7.91. The molecular formula is C45H32. The normalized spacial score (nSPS) is 13.3. The van der Waals surface area contributed by atoms with Gasteiger partial charge >= 0.3 is 0 Å². The fourth-order valence-electron chi connectivity index (χ4n) is 7.91. The predicted octanol–water partition coefficient (Wildman–Crippen LogP) is 12.5. The molecule has 212 valence electrons. The molecule has 0 nitrogen and oxygen atoms in total. The van der Waals surface area contributed by atoms with Crippen LogP contribution >= 0.6 is 0 Å². The van der Waals surface area contributed by atoms with Gasteiger partial charge in [0.25, 0.3) is 0 Å². The lowest BCUT2D eigenvalue weighted by Crippen LogP contribution is -2.14. The van der Waals surface area contributed by atoms with E-state index in [0.717, 1.165) is 0 Å². The molecule has 0 fully saturated rings. The van der Waals surface area contributed by atoms with E-state index in [1.807, 2.05) is 0 Å². The minimum Gasteiger partial charge on any atom is -0.0622 e. The van der Waals surface area contributed by atoms with Crippen molar-refractivity contribution in [3.8, 4) is 44.5 Å². The van der Waals surface area contributed by atoms with Crippen LogP contribution in [-0.4, -0.2) is 0 Å². The summed E-state index contributed by atoms with van der Waals surface area (Å²) in [5.41, 5.74) is 13.1. The van der Waals surface area contributed by atoms with Crippen LogP contribution < -0.4 is 0 Å². The molecule has 0 saturated carbocycles. The Labute approximate surface area is 264 Å². The van der Waals surface area contributed by atoms with Gasteiger partial charge in [0, 0.05) is 5.41 Å². The minimum absolute atomic E-state index is 0.0205. The molecule has 0 bridgehead atoms. The highest BCUT2D eigenvalue weighted by molar-refractivity contribution is 6.24. The highest BCUT2D eigenvalue weighted by atomic mass is 14.4. The molecule has 0 amide bonds. The van der Waals surface area contributed by atoms with E-state index in [4.69, 9.17) is 0 Å². The summed E-state index contributed by atoms with van der Waals surface area (Å²) in [6, 6.07) is 58.5. The van der Waals surface area contributed by atoms with Crippen LogP contribution in [-0.2, 0) is 5.41 Å². The van der Waals surface area contributed by atoms with Crippen molar-refractivity contribution in [2.75, 3.05) is 0 Å². The van der Waals surface area contributed by atoms with Gasteiger partial charge in [-0.1, -0.05) is 159 Å². The molecule has 0 saturated heterocycles. The first kappa shape index (κ1) is 26.0. The van der Waals surface area contributed by atoms with Crippen molar-refractivity contribution < 1.29 is 0 Å². The van der Waals surface area contributed by atoms with Crippen molar-refractivity contribution in [2.45, 2.75) is 19.3 Å². The molecule has 8 aromatic rings. The van der Waals surface area contributed by atoms with Crippen LogP contribution in [0.1, 0.15) is 25.0 Å². The summed E-state index contributed by atoms with van der Waals surface area (Å²) >= 11 is 0. The maximum atomic E-state index is 2.46. The fraction of sp³-hybridized carbons (Fsp3) is 0.0667. The smallest absolute Gasteiger partial charge is 0.0158 e. The Morgan fingerprint density at radius 3 is 1.78 bits per heavy atom. The molecule has 0 N–H and O–H groups in total. The maximum Gasteiger partial charge on any atom is 0.0158 e. The van der Waals surface area contributed by atoms with Gasteiger partial charge in [0.15, 0.2) is 0 Å². The van der Waals surface area contributed by atoms with Gasteiger partial charge in [-0.05, 0) is 100 Å². The quantitative estimate of drug-likeness (QED) is 0.185.